The molecule has 1 aromatic carbocycles. The maximum Gasteiger partial charge on any atom is 0.0133 e. The Bertz CT molecular complexity index is 337. The van der Waals surface area contributed by atoms with E-state index in [2.05, 4.69) is 50.5 Å². The summed E-state index contributed by atoms with van der Waals surface area (Å²) in [5.74, 6) is 1.79. The van der Waals surface area contributed by atoms with Gasteiger partial charge in [0.25, 0.3) is 0 Å². The molecule has 2 atom stereocenters. The van der Waals surface area contributed by atoms with Gasteiger partial charge in [-0.15, -0.1) is 0 Å². The second-order valence-electron chi connectivity index (χ2n) is 5.47. The van der Waals surface area contributed by atoms with Gasteiger partial charge in [0.15, 0.2) is 0 Å². The zero-order valence-corrected chi connectivity index (χ0v) is 11.4. The standard InChI is InChI=1S/C16H25N/c1-4-13-5-7-14(8-6-13)11-16(17-3)12(2)15-9-10-15/h5-8,12,15-17H,4,9-11H2,1-3H3. The van der Waals surface area contributed by atoms with Gasteiger partial charge in [-0.3, -0.25) is 0 Å². The molecule has 1 aromatic rings. The van der Waals surface area contributed by atoms with Crippen LogP contribution in [-0.2, 0) is 12.8 Å². The molecule has 1 heteroatoms. The Morgan fingerprint density at radius 3 is 2.24 bits per heavy atom. The molecular weight excluding hydrogens is 206 g/mol. The van der Waals surface area contributed by atoms with Crippen molar-refractivity contribution in [3.63, 3.8) is 0 Å². The summed E-state index contributed by atoms with van der Waals surface area (Å²) >= 11 is 0. The summed E-state index contributed by atoms with van der Waals surface area (Å²) in [6.45, 7) is 4.61. The molecule has 0 spiro atoms. The third kappa shape index (κ3) is 3.32. The number of rotatable bonds is 6. The lowest BCUT2D eigenvalue weighted by Gasteiger charge is -2.23. The maximum absolute atomic E-state index is 3.50. The van der Waals surface area contributed by atoms with Crippen LogP contribution < -0.4 is 5.32 Å². The molecule has 0 saturated heterocycles. The number of benzene rings is 1. The van der Waals surface area contributed by atoms with E-state index in [1.54, 1.807) is 0 Å². The van der Waals surface area contributed by atoms with Crippen molar-refractivity contribution >= 4 is 0 Å². The Balaban J connectivity index is 1.96. The quantitative estimate of drug-likeness (QED) is 0.791. The molecule has 0 radical (unpaired) electrons. The molecule has 1 aliphatic rings. The van der Waals surface area contributed by atoms with Crippen LogP contribution in [0, 0.1) is 11.8 Å². The Morgan fingerprint density at radius 1 is 1.18 bits per heavy atom. The number of hydrogen-bond acceptors (Lipinski definition) is 1. The second-order valence-corrected chi connectivity index (χ2v) is 5.47. The van der Waals surface area contributed by atoms with E-state index in [1.165, 1.54) is 24.0 Å². The molecule has 1 N–H and O–H groups in total. The van der Waals surface area contributed by atoms with E-state index in [1.807, 2.05) is 0 Å². The molecule has 17 heavy (non-hydrogen) atoms. The Morgan fingerprint density at radius 2 is 1.76 bits per heavy atom. The first kappa shape index (κ1) is 12.6. The molecule has 2 unspecified atom stereocenters. The van der Waals surface area contributed by atoms with Crippen LogP contribution in [0.1, 0.15) is 37.8 Å². The van der Waals surface area contributed by atoms with E-state index in [0.29, 0.717) is 6.04 Å². The molecule has 94 valence electrons. The molecule has 1 aliphatic carbocycles. The molecule has 0 aliphatic heterocycles. The van der Waals surface area contributed by atoms with Crippen LogP contribution in [0.4, 0.5) is 0 Å². The first-order valence-electron chi connectivity index (χ1n) is 6.99. The number of hydrogen-bond donors (Lipinski definition) is 1. The van der Waals surface area contributed by atoms with Gasteiger partial charge >= 0.3 is 0 Å². The highest BCUT2D eigenvalue weighted by Gasteiger charge is 2.32. The first-order valence-corrected chi connectivity index (χ1v) is 6.99. The average molecular weight is 231 g/mol. The first-order chi connectivity index (χ1) is 8.24. The van der Waals surface area contributed by atoms with Gasteiger partial charge < -0.3 is 5.32 Å². The van der Waals surface area contributed by atoms with E-state index >= 15 is 0 Å². The van der Waals surface area contributed by atoms with E-state index in [-0.39, 0.29) is 0 Å². The fourth-order valence-corrected chi connectivity index (χ4v) is 2.67. The van der Waals surface area contributed by atoms with Crippen LogP contribution >= 0.6 is 0 Å². The van der Waals surface area contributed by atoms with Crippen molar-refractivity contribution in [1.29, 1.82) is 0 Å². The monoisotopic (exact) mass is 231 g/mol. The summed E-state index contributed by atoms with van der Waals surface area (Å²) in [5.41, 5.74) is 2.90. The zero-order valence-electron chi connectivity index (χ0n) is 11.4. The third-order valence-corrected chi connectivity index (χ3v) is 4.26. The van der Waals surface area contributed by atoms with Crippen molar-refractivity contribution in [2.45, 2.75) is 45.6 Å². The van der Waals surface area contributed by atoms with Crippen LogP contribution in [0.2, 0.25) is 0 Å². The molecule has 0 heterocycles. The van der Waals surface area contributed by atoms with Gasteiger partial charge in [-0.05, 0) is 55.7 Å². The summed E-state index contributed by atoms with van der Waals surface area (Å²) < 4.78 is 0. The van der Waals surface area contributed by atoms with Gasteiger partial charge in [-0.2, -0.15) is 0 Å². The van der Waals surface area contributed by atoms with Crippen molar-refractivity contribution in [1.82, 2.24) is 5.32 Å². The Kier molecular flexibility index (Phi) is 4.22. The summed E-state index contributed by atoms with van der Waals surface area (Å²) in [5, 5.41) is 3.50. The van der Waals surface area contributed by atoms with E-state index < -0.39 is 0 Å². The summed E-state index contributed by atoms with van der Waals surface area (Å²) in [4.78, 5) is 0. The molecule has 2 rings (SSSR count). The van der Waals surface area contributed by atoms with E-state index in [9.17, 15) is 0 Å². The zero-order chi connectivity index (χ0) is 12.3. The highest BCUT2D eigenvalue weighted by atomic mass is 14.9. The molecule has 0 aromatic heterocycles. The average Bonchev–Trinajstić information content (AvgIpc) is 3.20. The lowest BCUT2D eigenvalue weighted by molar-refractivity contribution is 0.358. The van der Waals surface area contributed by atoms with Gasteiger partial charge in [-0.1, -0.05) is 38.1 Å². The SMILES string of the molecule is CCc1ccc(CC(NC)C(C)C2CC2)cc1. The second kappa shape index (κ2) is 5.68. The van der Waals surface area contributed by atoms with E-state index in [0.717, 1.165) is 24.7 Å². The van der Waals surface area contributed by atoms with Gasteiger partial charge in [-0.25, -0.2) is 0 Å². The third-order valence-electron chi connectivity index (χ3n) is 4.26. The van der Waals surface area contributed by atoms with Crippen LogP contribution in [0.3, 0.4) is 0 Å². The van der Waals surface area contributed by atoms with Gasteiger partial charge in [0, 0.05) is 6.04 Å². The normalized spacial score (nSPS) is 19.0. The summed E-state index contributed by atoms with van der Waals surface area (Å²) in [6, 6.07) is 9.76. The lowest BCUT2D eigenvalue weighted by atomic mass is 9.91. The van der Waals surface area contributed by atoms with Crippen LogP contribution in [0.25, 0.3) is 0 Å². The largest absolute Gasteiger partial charge is 0.316 e. The Labute approximate surface area is 106 Å². The predicted molar refractivity (Wildman–Crippen MR) is 74.3 cm³/mol. The smallest absolute Gasteiger partial charge is 0.0133 e. The highest BCUT2D eigenvalue weighted by molar-refractivity contribution is 5.23. The number of nitrogens with one attached hydrogen (secondary N) is 1. The predicted octanol–water partition coefficient (Wildman–Crippen LogP) is 3.43. The lowest BCUT2D eigenvalue weighted by Crippen LogP contribution is -2.35. The molecule has 1 nitrogen and oxygen atoms in total. The fraction of sp³-hybridized carbons (Fsp3) is 0.625. The fourth-order valence-electron chi connectivity index (χ4n) is 2.67. The maximum atomic E-state index is 3.50. The van der Waals surface area contributed by atoms with Gasteiger partial charge in [0.05, 0.1) is 0 Å². The summed E-state index contributed by atoms with van der Waals surface area (Å²) in [7, 11) is 2.10. The molecular formula is C16H25N. The molecule has 0 bridgehead atoms. The van der Waals surface area contributed by atoms with Crippen LogP contribution in [0.5, 0.6) is 0 Å². The van der Waals surface area contributed by atoms with E-state index in [4.69, 9.17) is 0 Å². The minimum Gasteiger partial charge on any atom is -0.316 e. The number of likely N-dealkylation sites (N-methyl/N-ethyl adjacent to an activating group) is 1. The minimum atomic E-state index is 0.634. The highest BCUT2D eigenvalue weighted by Crippen LogP contribution is 2.38. The molecule has 1 saturated carbocycles. The van der Waals surface area contributed by atoms with Gasteiger partial charge in [0.1, 0.15) is 0 Å². The minimum absolute atomic E-state index is 0.634. The van der Waals surface area contributed by atoms with Crippen molar-refractivity contribution < 1.29 is 0 Å². The van der Waals surface area contributed by atoms with Gasteiger partial charge in [0.2, 0.25) is 0 Å². The topological polar surface area (TPSA) is 12.0 Å². The van der Waals surface area contributed by atoms with Crippen molar-refractivity contribution in [2.75, 3.05) is 7.05 Å². The Hall–Kier alpha value is -0.820. The molecule has 0 amide bonds. The van der Waals surface area contributed by atoms with Crippen molar-refractivity contribution in [2.24, 2.45) is 11.8 Å². The summed E-state index contributed by atoms with van der Waals surface area (Å²) in [6.07, 6.45) is 5.18. The number of aryl methyl sites for hydroxylation is 1. The van der Waals surface area contributed by atoms with Crippen molar-refractivity contribution in [3.05, 3.63) is 35.4 Å². The molecule has 1 fully saturated rings. The van der Waals surface area contributed by atoms with Crippen LogP contribution in [-0.4, -0.2) is 13.1 Å². The van der Waals surface area contributed by atoms with Crippen molar-refractivity contribution in [3.8, 4) is 0 Å². The van der Waals surface area contributed by atoms with Crippen LogP contribution in [0.15, 0.2) is 24.3 Å².